The predicted octanol–water partition coefficient (Wildman–Crippen LogP) is 6.22. The summed E-state index contributed by atoms with van der Waals surface area (Å²) < 4.78 is 0. The molecule has 2 aliphatic carbocycles. The molecule has 0 amide bonds. The summed E-state index contributed by atoms with van der Waals surface area (Å²) in [7, 11) is 0. The van der Waals surface area contributed by atoms with Crippen LogP contribution in [0.4, 0.5) is 0 Å². The van der Waals surface area contributed by atoms with Crippen LogP contribution in [0.1, 0.15) is 42.0 Å². The summed E-state index contributed by atoms with van der Waals surface area (Å²) >= 11 is 14.2. The van der Waals surface area contributed by atoms with Crippen molar-refractivity contribution in [1.29, 1.82) is 0 Å². The van der Waals surface area contributed by atoms with Crippen molar-refractivity contribution >= 4 is 40.5 Å². The van der Waals surface area contributed by atoms with Crippen LogP contribution in [0.15, 0.2) is 58.9 Å². The normalized spacial score (nSPS) is 19.7. The third-order valence-corrected chi connectivity index (χ3v) is 10.5. The number of hydrogen-bond acceptors (Lipinski definition) is 0. The maximum atomic E-state index is 7.10. The van der Waals surface area contributed by atoms with E-state index in [-0.39, 0.29) is 0 Å². The summed E-state index contributed by atoms with van der Waals surface area (Å²) in [5.74, 6) is 0.303. The van der Waals surface area contributed by atoms with Crippen LogP contribution >= 0.6 is 22.2 Å². The zero-order valence-electron chi connectivity index (χ0n) is 13.2. The molecule has 0 aliphatic heterocycles. The fourth-order valence-corrected chi connectivity index (χ4v) is 8.87. The van der Waals surface area contributed by atoms with Crippen LogP contribution in [-0.2, 0) is 6.42 Å². The standard InChI is InChI=1S/C20H18Cl2Si/c1-13-17-9-5-3-7-15(17)11-19(13)23(21,22)20-12-16-8-4-6-10-18(16)14(20)2/h3-11,13H,12H2,1-2H3. The van der Waals surface area contributed by atoms with Gasteiger partial charge in [-0.15, -0.1) is 22.2 Å². The van der Waals surface area contributed by atoms with E-state index in [1.54, 1.807) is 0 Å². The summed E-state index contributed by atoms with van der Waals surface area (Å²) in [6.45, 7) is 1.72. The third-order valence-electron chi connectivity index (χ3n) is 5.22. The van der Waals surface area contributed by atoms with E-state index in [1.807, 2.05) is 0 Å². The lowest BCUT2D eigenvalue weighted by molar-refractivity contribution is 0.965. The minimum Gasteiger partial charge on any atom is -0.134 e. The van der Waals surface area contributed by atoms with Gasteiger partial charge >= 0.3 is 6.69 Å². The average Bonchev–Trinajstić information content (AvgIpc) is 3.07. The molecule has 0 radical (unpaired) electrons. The van der Waals surface area contributed by atoms with Gasteiger partial charge in [-0.25, -0.2) is 0 Å². The SMILES string of the molecule is CC1=C([Si](Cl)(Cl)C2=Cc3ccccc3C2C)Cc2ccccc21. The molecule has 0 saturated carbocycles. The zero-order chi connectivity index (χ0) is 16.2. The Morgan fingerprint density at radius 1 is 1.00 bits per heavy atom. The van der Waals surface area contributed by atoms with Crippen LogP contribution in [-0.4, -0.2) is 6.69 Å². The molecule has 0 heterocycles. The van der Waals surface area contributed by atoms with Crippen molar-refractivity contribution in [2.45, 2.75) is 26.2 Å². The molecular formula is C20H18Cl2Si. The van der Waals surface area contributed by atoms with Gasteiger partial charge in [-0.05, 0) is 51.6 Å². The summed E-state index contributed by atoms with van der Waals surface area (Å²) in [5, 5.41) is 2.48. The Morgan fingerprint density at radius 3 is 2.43 bits per heavy atom. The van der Waals surface area contributed by atoms with E-state index >= 15 is 0 Å². The lowest BCUT2D eigenvalue weighted by Gasteiger charge is -2.25. The number of hydrogen-bond donors (Lipinski definition) is 0. The molecule has 4 rings (SSSR count). The first-order chi connectivity index (χ1) is 11.0. The first-order valence-corrected chi connectivity index (χ1v) is 12.0. The predicted molar refractivity (Wildman–Crippen MR) is 103 cm³/mol. The Bertz CT molecular complexity index is 861. The smallest absolute Gasteiger partial charge is 0.134 e. The van der Waals surface area contributed by atoms with Gasteiger partial charge < -0.3 is 0 Å². The quantitative estimate of drug-likeness (QED) is 0.442. The molecule has 0 saturated heterocycles. The molecule has 0 nitrogen and oxygen atoms in total. The molecule has 0 bridgehead atoms. The Hall–Kier alpha value is -1.28. The van der Waals surface area contributed by atoms with Crippen molar-refractivity contribution in [3.05, 3.63) is 81.2 Å². The Labute approximate surface area is 147 Å². The van der Waals surface area contributed by atoms with Crippen LogP contribution in [0.3, 0.4) is 0 Å². The van der Waals surface area contributed by atoms with Crippen molar-refractivity contribution in [1.82, 2.24) is 0 Å². The average molecular weight is 357 g/mol. The van der Waals surface area contributed by atoms with Gasteiger partial charge in [0.2, 0.25) is 0 Å². The van der Waals surface area contributed by atoms with Gasteiger partial charge in [-0.1, -0.05) is 61.5 Å². The molecule has 2 aliphatic rings. The van der Waals surface area contributed by atoms with Gasteiger partial charge in [0.15, 0.2) is 0 Å². The van der Waals surface area contributed by atoms with Gasteiger partial charge in [0.05, 0.1) is 0 Å². The van der Waals surface area contributed by atoms with Crippen LogP contribution < -0.4 is 0 Å². The molecule has 0 N–H and O–H groups in total. The largest absolute Gasteiger partial charge is 0.303 e. The van der Waals surface area contributed by atoms with E-state index in [4.69, 9.17) is 22.2 Å². The van der Waals surface area contributed by atoms with E-state index in [0.717, 1.165) is 6.42 Å². The Kier molecular flexibility index (Phi) is 3.56. The van der Waals surface area contributed by atoms with Crippen molar-refractivity contribution in [2.24, 2.45) is 0 Å². The number of halogens is 2. The Morgan fingerprint density at radius 2 is 1.70 bits per heavy atom. The lowest BCUT2D eigenvalue weighted by Crippen LogP contribution is -2.29. The molecule has 0 fully saturated rings. The lowest BCUT2D eigenvalue weighted by atomic mass is 10.0. The second-order valence-corrected chi connectivity index (χ2v) is 12.8. The molecular weight excluding hydrogens is 339 g/mol. The van der Waals surface area contributed by atoms with Gasteiger partial charge in [0.25, 0.3) is 0 Å². The number of fused-ring (bicyclic) bond motifs is 2. The highest BCUT2D eigenvalue weighted by atomic mass is 35.7. The zero-order valence-corrected chi connectivity index (χ0v) is 15.7. The van der Waals surface area contributed by atoms with E-state index < -0.39 is 6.69 Å². The van der Waals surface area contributed by atoms with Crippen LogP contribution in [0.5, 0.6) is 0 Å². The Balaban J connectivity index is 1.78. The fourth-order valence-electron chi connectivity index (χ4n) is 3.91. The molecule has 1 unspecified atom stereocenters. The van der Waals surface area contributed by atoms with E-state index in [2.05, 4.69) is 68.5 Å². The molecule has 2 aromatic carbocycles. The van der Waals surface area contributed by atoms with Gasteiger partial charge in [0, 0.05) is 5.92 Å². The minimum atomic E-state index is -2.67. The first-order valence-electron chi connectivity index (χ1n) is 7.97. The highest BCUT2D eigenvalue weighted by Crippen LogP contribution is 2.50. The summed E-state index contributed by atoms with van der Waals surface area (Å²) in [6, 6.07) is 17.1. The monoisotopic (exact) mass is 356 g/mol. The van der Waals surface area contributed by atoms with Crippen molar-refractivity contribution in [3.63, 3.8) is 0 Å². The highest BCUT2D eigenvalue weighted by molar-refractivity contribution is 7.52. The van der Waals surface area contributed by atoms with Crippen LogP contribution in [0, 0.1) is 0 Å². The molecule has 3 heteroatoms. The minimum absolute atomic E-state index is 0.303. The topological polar surface area (TPSA) is 0 Å². The van der Waals surface area contributed by atoms with E-state index in [0.29, 0.717) is 5.92 Å². The maximum Gasteiger partial charge on any atom is 0.303 e. The third kappa shape index (κ3) is 2.26. The maximum absolute atomic E-state index is 7.10. The molecule has 1 atom stereocenters. The second-order valence-electron chi connectivity index (χ2n) is 6.46. The van der Waals surface area contributed by atoms with Crippen molar-refractivity contribution in [2.75, 3.05) is 0 Å². The number of benzene rings is 2. The van der Waals surface area contributed by atoms with Gasteiger partial charge in [0.1, 0.15) is 0 Å². The summed E-state index contributed by atoms with van der Waals surface area (Å²) in [6.07, 6.45) is 3.12. The molecule has 0 aromatic heterocycles. The summed E-state index contributed by atoms with van der Waals surface area (Å²) in [4.78, 5) is 0. The number of rotatable bonds is 2. The fraction of sp³-hybridized carbons (Fsp3) is 0.200. The molecule has 116 valence electrons. The second kappa shape index (κ2) is 5.37. The van der Waals surface area contributed by atoms with Gasteiger partial charge in [-0.2, -0.15) is 0 Å². The van der Waals surface area contributed by atoms with Gasteiger partial charge in [-0.3, -0.25) is 0 Å². The highest BCUT2D eigenvalue weighted by Gasteiger charge is 2.45. The van der Waals surface area contributed by atoms with E-state index in [1.165, 1.54) is 38.2 Å². The van der Waals surface area contributed by atoms with Crippen molar-refractivity contribution < 1.29 is 0 Å². The summed E-state index contributed by atoms with van der Waals surface area (Å²) in [5.41, 5.74) is 6.55. The molecule has 0 spiro atoms. The number of allylic oxidation sites excluding steroid dienone is 3. The van der Waals surface area contributed by atoms with Crippen LogP contribution in [0.25, 0.3) is 11.6 Å². The van der Waals surface area contributed by atoms with E-state index in [9.17, 15) is 0 Å². The molecule has 23 heavy (non-hydrogen) atoms. The molecule has 2 aromatic rings. The van der Waals surface area contributed by atoms with Crippen LogP contribution in [0.2, 0.25) is 0 Å². The first kappa shape index (κ1) is 15.3. The van der Waals surface area contributed by atoms with Crippen molar-refractivity contribution in [3.8, 4) is 0 Å².